The van der Waals surface area contributed by atoms with Crippen molar-refractivity contribution in [3.8, 4) is 0 Å². The summed E-state index contributed by atoms with van der Waals surface area (Å²) in [6, 6.07) is 0. The molecule has 0 aliphatic heterocycles. The fourth-order valence-corrected chi connectivity index (χ4v) is 8.33. The molecule has 0 N–H and O–H groups in total. The molecule has 0 bridgehead atoms. The van der Waals surface area contributed by atoms with Crippen LogP contribution in [0.5, 0.6) is 0 Å². The van der Waals surface area contributed by atoms with Gasteiger partial charge in [0, 0.05) is 5.38 Å². The highest BCUT2D eigenvalue weighted by Gasteiger charge is 2.34. The average Bonchev–Trinajstić information content (AvgIpc) is 2.85. The van der Waals surface area contributed by atoms with Crippen molar-refractivity contribution in [1.82, 2.24) is 0 Å². The molecule has 0 saturated carbocycles. The Kier molecular flexibility index (Phi) is 5.05. The van der Waals surface area contributed by atoms with Gasteiger partial charge in [-0.1, -0.05) is 20.8 Å². The molecule has 6 nitrogen and oxygen atoms in total. The lowest BCUT2D eigenvalue weighted by Gasteiger charge is -2.07. The predicted octanol–water partition coefficient (Wildman–Crippen LogP) is 1.13. The first-order valence-corrected chi connectivity index (χ1v) is 11.7. The van der Waals surface area contributed by atoms with Gasteiger partial charge >= 0.3 is 0 Å². The van der Waals surface area contributed by atoms with Crippen molar-refractivity contribution in [2.45, 2.75) is 34.8 Å². The zero-order valence-corrected chi connectivity index (χ0v) is 14.5. The Labute approximate surface area is 123 Å². The van der Waals surface area contributed by atoms with Crippen molar-refractivity contribution < 1.29 is 25.3 Å². The Bertz CT molecular complexity index is 744. The van der Waals surface area contributed by atoms with Crippen molar-refractivity contribution in [3.63, 3.8) is 0 Å². The van der Waals surface area contributed by atoms with Crippen molar-refractivity contribution in [2.24, 2.45) is 0 Å². The summed E-state index contributed by atoms with van der Waals surface area (Å²) < 4.78 is 71.7. The minimum atomic E-state index is -3.95. The number of hydrogen-bond acceptors (Lipinski definition) is 7. The summed E-state index contributed by atoms with van der Waals surface area (Å²) in [6.45, 7) is 4.10. The van der Waals surface area contributed by atoms with Crippen molar-refractivity contribution in [3.05, 3.63) is 5.38 Å². The van der Waals surface area contributed by atoms with Gasteiger partial charge in [0.2, 0.25) is 0 Å². The van der Waals surface area contributed by atoms with Crippen LogP contribution in [-0.4, -0.2) is 42.5 Å². The van der Waals surface area contributed by atoms with Gasteiger partial charge in [-0.05, 0) is 0 Å². The van der Waals surface area contributed by atoms with Crippen LogP contribution in [0, 0.1) is 0 Å². The molecule has 1 heterocycles. The van der Waals surface area contributed by atoms with Gasteiger partial charge < -0.3 is 0 Å². The zero-order chi connectivity index (χ0) is 15.8. The molecule has 10 heteroatoms. The van der Waals surface area contributed by atoms with Gasteiger partial charge in [0.05, 0.1) is 22.2 Å². The van der Waals surface area contributed by atoms with Crippen LogP contribution in [0.4, 0.5) is 0 Å². The fraction of sp³-hybridized carbons (Fsp3) is 0.600. The fourth-order valence-electron chi connectivity index (χ4n) is 1.45. The third-order valence-corrected chi connectivity index (χ3v) is 10.2. The Morgan fingerprint density at radius 1 is 0.800 bits per heavy atom. The largest absolute Gasteiger partial charge is 0.224 e. The first kappa shape index (κ1) is 17.6. The third kappa shape index (κ3) is 3.07. The van der Waals surface area contributed by atoms with E-state index in [4.69, 9.17) is 0 Å². The van der Waals surface area contributed by atoms with Crippen LogP contribution in [0.25, 0.3) is 0 Å². The molecule has 0 fully saturated rings. The van der Waals surface area contributed by atoms with E-state index in [1.165, 1.54) is 20.8 Å². The maximum Gasteiger partial charge on any atom is 0.188 e. The summed E-state index contributed by atoms with van der Waals surface area (Å²) in [4.78, 5) is -0.965. The van der Waals surface area contributed by atoms with Gasteiger partial charge in [0.1, 0.15) is 9.10 Å². The van der Waals surface area contributed by atoms with Crippen LogP contribution in [0.2, 0.25) is 0 Å². The van der Waals surface area contributed by atoms with E-state index in [-0.39, 0.29) is 21.5 Å². The lowest BCUT2D eigenvalue weighted by Crippen LogP contribution is -2.15. The van der Waals surface area contributed by atoms with Crippen LogP contribution in [0.3, 0.4) is 0 Å². The van der Waals surface area contributed by atoms with Crippen LogP contribution in [0.15, 0.2) is 19.4 Å². The van der Waals surface area contributed by atoms with Gasteiger partial charge in [-0.2, -0.15) is 0 Å². The van der Waals surface area contributed by atoms with Gasteiger partial charge in [0.15, 0.2) is 29.5 Å². The van der Waals surface area contributed by atoms with Gasteiger partial charge in [-0.3, -0.25) is 0 Å². The predicted molar refractivity (Wildman–Crippen MR) is 77.5 cm³/mol. The summed E-state index contributed by atoms with van der Waals surface area (Å²) in [5.41, 5.74) is 0. The van der Waals surface area contributed by atoms with Gasteiger partial charge in [0.25, 0.3) is 0 Å². The SMILES string of the molecule is CCS(=O)(=O)c1csc(S(=O)(=O)CC)c1S(=O)(=O)CC. The summed E-state index contributed by atoms with van der Waals surface area (Å²) in [5.74, 6) is -0.935. The number of hydrogen-bond donors (Lipinski definition) is 0. The Morgan fingerprint density at radius 3 is 1.65 bits per heavy atom. The molecule has 1 aromatic rings. The molecule has 0 radical (unpaired) electrons. The molecule has 0 spiro atoms. The lowest BCUT2D eigenvalue weighted by molar-refractivity contribution is 0.578. The lowest BCUT2D eigenvalue weighted by atomic mass is 10.6. The third-order valence-electron chi connectivity index (χ3n) is 2.75. The number of sulfone groups is 3. The molecule has 0 aliphatic rings. The molecule has 20 heavy (non-hydrogen) atoms. The summed E-state index contributed by atoms with van der Waals surface area (Å²) >= 11 is 0.646. The van der Waals surface area contributed by atoms with E-state index in [1.54, 1.807) is 0 Å². The highest BCUT2D eigenvalue weighted by molar-refractivity contribution is 7.97. The van der Waals surface area contributed by atoms with E-state index in [2.05, 4.69) is 0 Å². The monoisotopic (exact) mass is 360 g/mol. The zero-order valence-electron chi connectivity index (χ0n) is 11.3. The smallest absolute Gasteiger partial charge is 0.188 e. The van der Waals surface area contributed by atoms with Crippen LogP contribution >= 0.6 is 11.3 Å². The van der Waals surface area contributed by atoms with Gasteiger partial charge in [-0.15, -0.1) is 11.3 Å². The maximum absolute atomic E-state index is 12.1. The van der Waals surface area contributed by atoms with Gasteiger partial charge in [-0.25, -0.2) is 25.3 Å². The van der Waals surface area contributed by atoms with Crippen LogP contribution < -0.4 is 0 Å². The first-order valence-electron chi connectivity index (χ1n) is 5.83. The summed E-state index contributed by atoms with van der Waals surface area (Å²) in [7, 11) is -11.5. The highest BCUT2D eigenvalue weighted by atomic mass is 32.2. The van der Waals surface area contributed by atoms with Crippen LogP contribution in [0.1, 0.15) is 20.8 Å². The first-order chi connectivity index (χ1) is 9.03. The Balaban J connectivity index is 3.88. The molecule has 0 unspecified atom stereocenters. The van der Waals surface area contributed by atoms with E-state index < -0.39 is 39.3 Å². The molecule has 0 aromatic carbocycles. The topological polar surface area (TPSA) is 102 Å². The second kappa shape index (κ2) is 5.74. The minimum Gasteiger partial charge on any atom is -0.224 e. The van der Waals surface area contributed by atoms with E-state index >= 15 is 0 Å². The maximum atomic E-state index is 12.1. The highest BCUT2D eigenvalue weighted by Crippen LogP contribution is 2.36. The Hall–Kier alpha value is -0.450. The molecule has 1 aromatic heterocycles. The number of thiophene rings is 1. The second-order valence-corrected chi connectivity index (χ2v) is 11.7. The Morgan fingerprint density at radius 2 is 1.25 bits per heavy atom. The summed E-state index contributed by atoms with van der Waals surface area (Å²) in [6.07, 6.45) is 0. The van der Waals surface area contributed by atoms with Crippen molar-refractivity contribution in [1.29, 1.82) is 0 Å². The molecule has 0 saturated heterocycles. The molecule has 0 amide bonds. The van der Waals surface area contributed by atoms with E-state index in [9.17, 15) is 25.3 Å². The minimum absolute atomic E-state index is 0.286. The summed E-state index contributed by atoms with van der Waals surface area (Å²) in [5, 5.41) is 1.10. The van der Waals surface area contributed by atoms with Crippen LogP contribution in [-0.2, 0) is 29.5 Å². The van der Waals surface area contributed by atoms with E-state index in [1.807, 2.05) is 0 Å². The number of rotatable bonds is 6. The quantitative estimate of drug-likeness (QED) is 0.753. The van der Waals surface area contributed by atoms with Crippen molar-refractivity contribution in [2.75, 3.05) is 17.3 Å². The van der Waals surface area contributed by atoms with Crippen molar-refractivity contribution >= 4 is 40.8 Å². The molecular weight excluding hydrogens is 344 g/mol. The average molecular weight is 361 g/mol. The molecule has 0 aliphatic carbocycles. The van der Waals surface area contributed by atoms with E-state index in [0.717, 1.165) is 5.38 Å². The molecule has 116 valence electrons. The second-order valence-electron chi connectivity index (χ2n) is 3.93. The standard InChI is InChI=1S/C10H16O6S4/c1-4-18(11,12)8-7-17-10(20(15,16)6-3)9(8)19(13,14)5-2/h7H,4-6H2,1-3H3. The molecular formula is C10H16O6S4. The van der Waals surface area contributed by atoms with E-state index in [0.29, 0.717) is 11.3 Å². The molecule has 0 atom stereocenters. The molecule has 1 rings (SSSR count). The normalized spacial score (nSPS) is 13.6.